The third kappa shape index (κ3) is 3.77. The molecule has 79 valence electrons. The molecule has 1 N–H and O–H groups in total. The Kier molecular flexibility index (Phi) is 5.29. The van der Waals surface area contributed by atoms with Crippen molar-refractivity contribution < 1.29 is 17.9 Å². The molecule has 0 spiro atoms. The van der Waals surface area contributed by atoms with Crippen molar-refractivity contribution in [2.45, 2.75) is 4.90 Å². The summed E-state index contributed by atoms with van der Waals surface area (Å²) in [7, 11) is -4.40. The number of nitro benzene ring substituents is 1. The van der Waals surface area contributed by atoms with E-state index in [4.69, 9.17) is 4.55 Å². The zero-order valence-electron chi connectivity index (χ0n) is 7.12. The average molecular weight is 486 g/mol. The van der Waals surface area contributed by atoms with Crippen molar-refractivity contribution >= 4 is 59.0 Å². The molecule has 0 aromatic heterocycles. The molecule has 15 heavy (non-hydrogen) atoms. The fourth-order valence-corrected chi connectivity index (χ4v) is 1.68. The number of nitro groups is 1. The van der Waals surface area contributed by atoms with Crippen LogP contribution in [0.2, 0.25) is 0 Å². The number of hydrogen-bond acceptors (Lipinski definition) is 4. The summed E-state index contributed by atoms with van der Waals surface area (Å²) in [4.78, 5) is 9.14. The van der Waals surface area contributed by atoms with Gasteiger partial charge in [0, 0.05) is 33.4 Å². The second kappa shape index (κ2) is 5.32. The van der Waals surface area contributed by atoms with Crippen molar-refractivity contribution in [1.82, 2.24) is 0 Å². The zero-order chi connectivity index (χ0) is 10.9. The molecule has 6 nitrogen and oxygen atoms in total. The van der Waals surface area contributed by atoms with Crippen LogP contribution in [0.4, 0.5) is 5.69 Å². The van der Waals surface area contributed by atoms with Gasteiger partial charge in [-0.3, -0.25) is 14.7 Å². The van der Waals surface area contributed by atoms with Crippen LogP contribution < -0.4 is 0 Å². The summed E-state index contributed by atoms with van der Waals surface area (Å²) in [5, 5.41) is 10.4. The Morgan fingerprint density at radius 2 is 1.93 bits per heavy atom. The van der Waals surface area contributed by atoms with Gasteiger partial charge in [0.15, 0.2) is 0 Å². The minimum absolute atomic E-state index is 0. The fourth-order valence-electron chi connectivity index (χ4n) is 0.793. The average Bonchev–Trinajstić information content (AvgIpc) is 2.02. The Morgan fingerprint density at radius 3 is 2.33 bits per heavy atom. The molecule has 0 aliphatic rings. The maximum Gasteiger partial charge on any atom is 0.294 e. The summed E-state index contributed by atoms with van der Waals surface area (Å²) in [6, 6.07) is 3.02. The van der Waals surface area contributed by atoms with Gasteiger partial charge < -0.3 is 0 Å². The largest absolute Gasteiger partial charge is 0.294 e. The van der Waals surface area contributed by atoms with Gasteiger partial charge in [0.25, 0.3) is 15.8 Å². The maximum absolute atomic E-state index is 10.6. The summed E-state index contributed by atoms with van der Waals surface area (Å²) in [5.41, 5.74) is -0.417. The molecule has 9 heteroatoms. The molecule has 0 heterocycles. The van der Waals surface area contributed by atoms with E-state index in [1.807, 2.05) is 0 Å². The minimum Gasteiger partial charge on any atom is -0.282 e. The number of halogens is 1. The van der Waals surface area contributed by atoms with E-state index in [1.165, 1.54) is 6.07 Å². The molecule has 0 amide bonds. The number of nitrogens with zero attached hydrogens (tertiary/aromatic N) is 1. The summed E-state index contributed by atoms with van der Waals surface area (Å²) in [6.07, 6.45) is 0. The van der Waals surface area contributed by atoms with E-state index in [2.05, 4.69) is 15.9 Å². The predicted octanol–water partition coefficient (Wildman–Crippen LogP) is 1.22. The number of benzene rings is 1. The Balaban J connectivity index is 0.00000196. The van der Waals surface area contributed by atoms with Crippen molar-refractivity contribution in [3.63, 3.8) is 0 Å². The van der Waals surface area contributed by atoms with E-state index < -0.39 is 25.6 Å². The van der Waals surface area contributed by atoms with E-state index in [-0.39, 0.29) is 31.8 Å². The van der Waals surface area contributed by atoms with Crippen LogP contribution in [0.1, 0.15) is 0 Å². The van der Waals surface area contributed by atoms with Crippen LogP contribution in [0.25, 0.3) is 0 Å². The molecule has 1 radical (unpaired) electrons. The molecule has 0 aliphatic carbocycles. The van der Waals surface area contributed by atoms with E-state index in [0.717, 1.165) is 12.1 Å². The van der Waals surface area contributed by atoms with Crippen LogP contribution >= 0.6 is 15.9 Å². The SMILES string of the molecule is O=[N+]([O-])c1cc(S(=O)(=O)O)ccc1Br.[Tl]. The van der Waals surface area contributed by atoms with Gasteiger partial charge in [0.1, 0.15) is 4.90 Å². The summed E-state index contributed by atoms with van der Waals surface area (Å²) >= 11 is 2.88. The second-order valence-electron chi connectivity index (χ2n) is 2.35. The summed E-state index contributed by atoms with van der Waals surface area (Å²) < 4.78 is 30.0. The van der Waals surface area contributed by atoms with Gasteiger partial charge in [-0.1, -0.05) is 0 Å². The maximum atomic E-state index is 10.6. The minimum atomic E-state index is -4.40. The first-order valence-electron chi connectivity index (χ1n) is 3.24. The van der Waals surface area contributed by atoms with Gasteiger partial charge >= 0.3 is 0 Å². The summed E-state index contributed by atoms with van der Waals surface area (Å²) in [6.45, 7) is 0. The predicted molar refractivity (Wildman–Crippen MR) is 56.4 cm³/mol. The first-order chi connectivity index (χ1) is 6.32. The number of rotatable bonds is 2. The topological polar surface area (TPSA) is 97.5 Å². The Hall–Kier alpha value is -0.0679. The molecule has 1 aromatic rings. The van der Waals surface area contributed by atoms with Gasteiger partial charge in [-0.25, -0.2) is 0 Å². The van der Waals surface area contributed by atoms with E-state index in [0.29, 0.717) is 0 Å². The van der Waals surface area contributed by atoms with Crippen molar-refractivity contribution in [1.29, 1.82) is 0 Å². The van der Waals surface area contributed by atoms with Gasteiger partial charge in [0.05, 0.1) is 9.40 Å². The third-order valence-corrected chi connectivity index (χ3v) is 2.93. The van der Waals surface area contributed by atoms with Gasteiger partial charge in [-0.2, -0.15) is 8.42 Å². The Labute approximate surface area is 114 Å². The molecule has 1 rings (SSSR count). The van der Waals surface area contributed by atoms with E-state index in [1.54, 1.807) is 0 Å². The molecule has 0 bridgehead atoms. The molecule has 0 saturated carbocycles. The van der Waals surface area contributed by atoms with Crippen molar-refractivity contribution in [2.75, 3.05) is 0 Å². The molecule has 0 aliphatic heterocycles. The van der Waals surface area contributed by atoms with Crippen LogP contribution in [0.5, 0.6) is 0 Å². The standard InChI is InChI=1S/C6H4BrNO5S.Tl/c7-5-2-1-4(14(11,12)13)3-6(5)8(9)10;/h1-3H,(H,11,12,13);. The van der Waals surface area contributed by atoms with Crippen molar-refractivity contribution in [2.24, 2.45) is 0 Å². The zero-order valence-corrected chi connectivity index (χ0v) is 14.0. The first-order valence-corrected chi connectivity index (χ1v) is 5.47. The number of hydrogen-bond donors (Lipinski definition) is 1. The van der Waals surface area contributed by atoms with Crippen LogP contribution in [0.3, 0.4) is 0 Å². The van der Waals surface area contributed by atoms with E-state index >= 15 is 0 Å². The van der Waals surface area contributed by atoms with Crippen molar-refractivity contribution in [3.8, 4) is 0 Å². The van der Waals surface area contributed by atoms with Gasteiger partial charge in [-0.15, -0.1) is 0 Å². The van der Waals surface area contributed by atoms with Crippen molar-refractivity contribution in [3.05, 3.63) is 32.8 Å². The quantitative estimate of drug-likeness (QED) is 0.294. The molecule has 1 aromatic carbocycles. The fraction of sp³-hybridized carbons (Fsp3) is 0. The first kappa shape index (κ1) is 14.9. The Bertz CT molecular complexity index is 488. The monoisotopic (exact) mass is 486 g/mol. The van der Waals surface area contributed by atoms with Gasteiger partial charge in [0.2, 0.25) is 0 Å². The Morgan fingerprint density at radius 1 is 1.40 bits per heavy atom. The third-order valence-electron chi connectivity index (χ3n) is 1.41. The molecule has 0 unspecified atom stereocenters. The van der Waals surface area contributed by atoms with Crippen LogP contribution in [0, 0.1) is 10.1 Å². The van der Waals surface area contributed by atoms with Crippen LogP contribution in [-0.4, -0.2) is 45.2 Å². The molecular formula is C6H4BrNO5STl. The molecular weight excluding hydrogens is 482 g/mol. The summed E-state index contributed by atoms with van der Waals surface area (Å²) in [5.74, 6) is 0. The molecule has 0 fully saturated rings. The molecule has 0 atom stereocenters. The molecule has 0 saturated heterocycles. The van der Waals surface area contributed by atoms with E-state index in [9.17, 15) is 18.5 Å². The van der Waals surface area contributed by atoms with Crippen LogP contribution in [0.15, 0.2) is 27.6 Å². The second-order valence-corrected chi connectivity index (χ2v) is 4.62. The van der Waals surface area contributed by atoms with Crippen LogP contribution in [-0.2, 0) is 10.1 Å². The smallest absolute Gasteiger partial charge is 0.282 e. The normalized spacial score (nSPS) is 10.5. The van der Waals surface area contributed by atoms with Gasteiger partial charge in [-0.05, 0) is 28.1 Å².